The van der Waals surface area contributed by atoms with Crippen molar-refractivity contribution in [3.8, 4) is 0 Å². The minimum atomic E-state index is -2.39. The van der Waals surface area contributed by atoms with Gasteiger partial charge in [0.25, 0.3) is 0 Å². The van der Waals surface area contributed by atoms with Crippen molar-refractivity contribution in [2.75, 3.05) is 25.1 Å². The highest BCUT2D eigenvalue weighted by Crippen LogP contribution is 2.47. The minimum absolute atomic E-state index is 0.157. The van der Waals surface area contributed by atoms with E-state index in [9.17, 15) is 9.36 Å². The Morgan fingerprint density at radius 2 is 1.12 bits per heavy atom. The van der Waals surface area contributed by atoms with Crippen LogP contribution < -0.4 is 0 Å². The Balaban J connectivity index is 4.17. The zero-order valence-corrected chi connectivity index (χ0v) is 17.4. The predicted molar refractivity (Wildman–Crippen MR) is 106 cm³/mol. The van der Waals surface area contributed by atoms with Crippen LogP contribution in [0.25, 0.3) is 0 Å². The number of carbonyl (C=O) groups excluding carboxylic acids is 1. The highest BCUT2D eigenvalue weighted by atomic mass is 31.2. The summed E-state index contributed by atoms with van der Waals surface area (Å²) >= 11 is 0. The van der Waals surface area contributed by atoms with Gasteiger partial charge in [-0.25, -0.2) is 0 Å². The first kappa shape index (κ1) is 23.7. The Labute approximate surface area is 150 Å². The van der Waals surface area contributed by atoms with E-state index in [1.165, 1.54) is 51.4 Å². The van der Waals surface area contributed by atoms with Crippen molar-refractivity contribution in [3.05, 3.63) is 0 Å². The zero-order valence-electron chi connectivity index (χ0n) is 16.5. The molecule has 0 amide bonds. The van der Waals surface area contributed by atoms with Crippen molar-refractivity contribution in [2.24, 2.45) is 0 Å². The molecule has 0 aliphatic rings. The maximum atomic E-state index is 13.2. The predicted octanol–water partition coefficient (Wildman–Crippen LogP) is 6.63. The second-order valence-corrected chi connectivity index (χ2v) is 10.3. The first-order chi connectivity index (χ1) is 11.6. The number of unbranched alkanes of at least 4 members (excludes halogenated alkanes) is 10. The topological polar surface area (TPSA) is 43.4 Å². The van der Waals surface area contributed by atoms with E-state index in [1.54, 1.807) is 0 Å². The lowest BCUT2D eigenvalue weighted by atomic mass is 10.1. The molecule has 0 aromatic rings. The summed E-state index contributed by atoms with van der Waals surface area (Å²) in [5, 5.41) is 0. The molecule has 0 aromatic heterocycles. The molecule has 0 spiro atoms. The van der Waals surface area contributed by atoms with Gasteiger partial charge in [0.15, 0.2) is 0 Å². The standard InChI is InChI=1S/C20H41O3P/c1-4-7-9-11-13-15-17-24(22,19-20(21)23-6-3)18-16-14-12-10-8-5-2/h4-19H2,1-3H3. The molecule has 0 radical (unpaired) electrons. The first-order valence-corrected chi connectivity index (χ1v) is 12.6. The van der Waals surface area contributed by atoms with Crippen molar-refractivity contribution >= 4 is 13.1 Å². The Morgan fingerprint density at radius 1 is 0.708 bits per heavy atom. The summed E-state index contributed by atoms with van der Waals surface area (Å²) in [5.41, 5.74) is 0. The average molecular weight is 361 g/mol. The van der Waals surface area contributed by atoms with E-state index in [0.717, 1.165) is 38.0 Å². The molecule has 0 aliphatic carbocycles. The van der Waals surface area contributed by atoms with Crippen LogP contribution in [0.15, 0.2) is 0 Å². The van der Waals surface area contributed by atoms with Crippen LogP contribution in [0.5, 0.6) is 0 Å². The fourth-order valence-corrected chi connectivity index (χ4v) is 5.77. The highest BCUT2D eigenvalue weighted by molar-refractivity contribution is 7.64. The zero-order chi connectivity index (χ0) is 18.1. The van der Waals surface area contributed by atoms with Gasteiger partial charge in [-0.1, -0.05) is 78.1 Å². The number of hydrogen-bond donors (Lipinski definition) is 0. The monoisotopic (exact) mass is 360 g/mol. The molecule has 0 heterocycles. The molecule has 3 nitrogen and oxygen atoms in total. The van der Waals surface area contributed by atoms with E-state index >= 15 is 0 Å². The highest BCUT2D eigenvalue weighted by Gasteiger charge is 2.25. The number of ether oxygens (including phenoxy) is 1. The van der Waals surface area contributed by atoms with Crippen LogP contribution in [0.1, 0.15) is 97.8 Å². The van der Waals surface area contributed by atoms with Crippen molar-refractivity contribution in [1.82, 2.24) is 0 Å². The van der Waals surface area contributed by atoms with Crippen LogP contribution in [-0.2, 0) is 14.1 Å². The molecule has 0 saturated heterocycles. The summed E-state index contributed by atoms with van der Waals surface area (Å²) in [4.78, 5) is 11.8. The van der Waals surface area contributed by atoms with Gasteiger partial charge in [-0.2, -0.15) is 0 Å². The summed E-state index contributed by atoms with van der Waals surface area (Å²) in [6.07, 6.45) is 16.0. The van der Waals surface area contributed by atoms with Gasteiger partial charge >= 0.3 is 5.97 Å². The van der Waals surface area contributed by atoms with Crippen LogP contribution >= 0.6 is 7.14 Å². The third-order valence-corrected chi connectivity index (χ3v) is 7.66. The molecule has 24 heavy (non-hydrogen) atoms. The second kappa shape index (κ2) is 16.2. The average Bonchev–Trinajstić information content (AvgIpc) is 2.54. The molecule has 0 unspecified atom stereocenters. The van der Waals surface area contributed by atoms with Crippen LogP contribution in [0.3, 0.4) is 0 Å². The quantitative estimate of drug-likeness (QED) is 0.166. The first-order valence-electron chi connectivity index (χ1n) is 10.3. The van der Waals surface area contributed by atoms with Gasteiger partial charge in [0, 0.05) is 12.3 Å². The van der Waals surface area contributed by atoms with Gasteiger partial charge in [-0.15, -0.1) is 0 Å². The third kappa shape index (κ3) is 14.1. The molecule has 144 valence electrons. The Kier molecular flexibility index (Phi) is 16.0. The molecule has 4 heteroatoms. The molecule has 0 atom stereocenters. The SMILES string of the molecule is CCCCCCCCP(=O)(CCCCCCCC)CC(=O)OCC. The number of esters is 1. The molecule has 0 rings (SSSR count). The summed E-state index contributed by atoms with van der Waals surface area (Å²) in [6.45, 7) is 6.62. The maximum absolute atomic E-state index is 13.2. The molecule has 0 aliphatic heterocycles. The molecular formula is C20H41O3P. The largest absolute Gasteiger partial charge is 0.466 e. The van der Waals surface area contributed by atoms with Crippen LogP contribution in [0, 0.1) is 0 Å². The fourth-order valence-electron chi connectivity index (χ4n) is 3.07. The number of hydrogen-bond acceptors (Lipinski definition) is 3. The van der Waals surface area contributed by atoms with E-state index in [1.807, 2.05) is 6.92 Å². The van der Waals surface area contributed by atoms with E-state index < -0.39 is 7.14 Å². The van der Waals surface area contributed by atoms with Gasteiger partial charge in [-0.05, 0) is 19.8 Å². The smallest absolute Gasteiger partial charge is 0.313 e. The lowest BCUT2D eigenvalue weighted by molar-refractivity contribution is -0.140. The van der Waals surface area contributed by atoms with Crippen LogP contribution in [0.2, 0.25) is 0 Å². The summed E-state index contributed by atoms with van der Waals surface area (Å²) in [6, 6.07) is 0. The number of carbonyl (C=O) groups is 1. The maximum Gasteiger partial charge on any atom is 0.313 e. The van der Waals surface area contributed by atoms with Gasteiger partial charge in [0.2, 0.25) is 0 Å². The molecule has 0 fully saturated rings. The lowest BCUT2D eigenvalue weighted by Gasteiger charge is -2.17. The normalized spacial score (nSPS) is 11.6. The Hall–Kier alpha value is -0.300. The van der Waals surface area contributed by atoms with E-state index in [4.69, 9.17) is 4.74 Å². The number of rotatable bonds is 17. The fraction of sp³-hybridized carbons (Fsp3) is 0.950. The summed E-state index contributed by atoms with van der Waals surface area (Å²) < 4.78 is 18.2. The second-order valence-electron chi connectivity index (χ2n) is 7.00. The van der Waals surface area contributed by atoms with Crippen molar-refractivity contribution in [2.45, 2.75) is 97.8 Å². The van der Waals surface area contributed by atoms with Gasteiger partial charge in [-0.3, -0.25) is 4.79 Å². The van der Waals surface area contributed by atoms with Crippen molar-refractivity contribution < 1.29 is 14.1 Å². The van der Waals surface area contributed by atoms with Crippen LogP contribution in [-0.4, -0.2) is 31.1 Å². The molecule has 0 bridgehead atoms. The molecule has 0 aromatic carbocycles. The minimum Gasteiger partial charge on any atom is -0.466 e. The Morgan fingerprint density at radius 3 is 1.54 bits per heavy atom. The Bertz CT molecular complexity index is 322. The van der Waals surface area contributed by atoms with E-state index in [-0.39, 0.29) is 12.1 Å². The summed E-state index contributed by atoms with van der Waals surface area (Å²) in [5.74, 6) is -0.266. The van der Waals surface area contributed by atoms with Crippen molar-refractivity contribution in [3.63, 3.8) is 0 Å². The van der Waals surface area contributed by atoms with Crippen LogP contribution in [0.4, 0.5) is 0 Å². The van der Waals surface area contributed by atoms with Gasteiger partial charge in [0.1, 0.15) is 0 Å². The molecule has 0 N–H and O–H groups in total. The molecule has 0 saturated carbocycles. The van der Waals surface area contributed by atoms with Gasteiger partial charge < -0.3 is 9.30 Å². The van der Waals surface area contributed by atoms with E-state index in [2.05, 4.69) is 13.8 Å². The lowest BCUT2D eigenvalue weighted by Crippen LogP contribution is -2.13. The van der Waals surface area contributed by atoms with E-state index in [0.29, 0.717) is 6.61 Å². The van der Waals surface area contributed by atoms with Crippen molar-refractivity contribution in [1.29, 1.82) is 0 Å². The third-order valence-electron chi connectivity index (χ3n) is 4.56. The molecular weight excluding hydrogens is 319 g/mol. The van der Waals surface area contributed by atoms with Gasteiger partial charge in [0.05, 0.1) is 19.9 Å². The summed E-state index contributed by atoms with van der Waals surface area (Å²) in [7, 11) is -2.39.